The van der Waals surface area contributed by atoms with Crippen LogP contribution in [-0.2, 0) is 25.5 Å². The lowest BCUT2D eigenvalue weighted by Gasteiger charge is -2.22. The predicted octanol–water partition coefficient (Wildman–Crippen LogP) is 1.71. The van der Waals surface area contributed by atoms with Gasteiger partial charge in [-0.05, 0) is 24.1 Å². The molecule has 5 nitrogen and oxygen atoms in total. The third kappa shape index (κ3) is 1.89. The second kappa shape index (κ2) is 4.93. The first-order chi connectivity index (χ1) is 11.1. The Bertz CT molecular complexity index is 695. The third-order valence-corrected chi connectivity index (χ3v) is 5.23. The maximum atomic E-state index is 13.0. The van der Waals surface area contributed by atoms with Crippen molar-refractivity contribution in [3.63, 3.8) is 0 Å². The number of hydrogen-bond acceptors (Lipinski definition) is 4. The molecule has 1 aromatic carbocycles. The summed E-state index contributed by atoms with van der Waals surface area (Å²) >= 11 is 0. The van der Waals surface area contributed by atoms with Crippen LogP contribution in [0.15, 0.2) is 36.4 Å². The third-order valence-electron chi connectivity index (χ3n) is 5.23. The predicted molar refractivity (Wildman–Crippen MR) is 83.9 cm³/mol. The van der Waals surface area contributed by atoms with E-state index in [-0.39, 0.29) is 18.0 Å². The maximum Gasteiger partial charge on any atom is 0.312 e. The zero-order chi connectivity index (χ0) is 16.2. The summed E-state index contributed by atoms with van der Waals surface area (Å²) in [5, 5.41) is 0. The van der Waals surface area contributed by atoms with E-state index in [9.17, 15) is 9.59 Å². The largest absolute Gasteiger partial charge is 0.469 e. The molecule has 0 aliphatic carbocycles. The highest BCUT2D eigenvalue weighted by Crippen LogP contribution is 2.52. The van der Waals surface area contributed by atoms with E-state index in [1.54, 1.807) is 4.90 Å². The fraction of sp³-hybridized carbons (Fsp3) is 0.444. The molecule has 1 amide bonds. The van der Waals surface area contributed by atoms with Gasteiger partial charge in [-0.2, -0.15) is 0 Å². The SMILES string of the molecule is CCc1ccc(N2C[C@]34C=C[C@H](O3)[C@H](C(=O)OC)[C@@H]4C2=O)cc1. The number of anilines is 1. The van der Waals surface area contributed by atoms with Gasteiger partial charge in [0.15, 0.2) is 0 Å². The Hall–Kier alpha value is -2.14. The van der Waals surface area contributed by atoms with Gasteiger partial charge in [-0.15, -0.1) is 0 Å². The molecule has 3 aliphatic heterocycles. The Labute approximate surface area is 134 Å². The molecule has 1 spiro atoms. The molecule has 120 valence electrons. The van der Waals surface area contributed by atoms with Gasteiger partial charge >= 0.3 is 5.97 Å². The van der Waals surface area contributed by atoms with Crippen LogP contribution in [0, 0.1) is 11.8 Å². The number of amides is 1. The van der Waals surface area contributed by atoms with E-state index < -0.39 is 17.4 Å². The van der Waals surface area contributed by atoms with Crippen molar-refractivity contribution in [2.24, 2.45) is 11.8 Å². The highest BCUT2D eigenvalue weighted by atomic mass is 16.5. The smallest absolute Gasteiger partial charge is 0.312 e. The van der Waals surface area contributed by atoms with E-state index in [1.165, 1.54) is 12.7 Å². The summed E-state index contributed by atoms with van der Waals surface area (Å²) in [7, 11) is 1.35. The molecular weight excluding hydrogens is 294 g/mol. The number of rotatable bonds is 3. The van der Waals surface area contributed by atoms with Crippen molar-refractivity contribution in [1.82, 2.24) is 0 Å². The molecule has 0 saturated carbocycles. The van der Waals surface area contributed by atoms with Gasteiger partial charge in [0.1, 0.15) is 11.5 Å². The molecule has 4 atom stereocenters. The average molecular weight is 313 g/mol. The lowest BCUT2D eigenvalue weighted by Crippen LogP contribution is -2.39. The molecule has 3 heterocycles. The number of ether oxygens (including phenoxy) is 2. The van der Waals surface area contributed by atoms with Gasteiger partial charge in [-0.3, -0.25) is 9.59 Å². The molecule has 0 radical (unpaired) electrons. The Morgan fingerprint density at radius 3 is 2.78 bits per heavy atom. The van der Waals surface area contributed by atoms with Gasteiger partial charge < -0.3 is 14.4 Å². The Morgan fingerprint density at radius 1 is 1.39 bits per heavy atom. The van der Waals surface area contributed by atoms with Gasteiger partial charge in [0, 0.05) is 5.69 Å². The van der Waals surface area contributed by atoms with Gasteiger partial charge in [0.05, 0.1) is 25.7 Å². The molecule has 23 heavy (non-hydrogen) atoms. The lowest BCUT2D eigenvalue weighted by atomic mass is 9.77. The second-order valence-electron chi connectivity index (χ2n) is 6.37. The summed E-state index contributed by atoms with van der Waals surface area (Å²) in [6, 6.07) is 7.97. The second-order valence-corrected chi connectivity index (χ2v) is 6.37. The van der Waals surface area contributed by atoms with Gasteiger partial charge in [0.25, 0.3) is 0 Å². The normalized spacial score (nSPS) is 34.1. The summed E-state index contributed by atoms with van der Waals surface area (Å²) in [5.41, 5.74) is 1.38. The number of hydrogen-bond donors (Lipinski definition) is 0. The minimum absolute atomic E-state index is 0.0588. The van der Waals surface area contributed by atoms with Crippen LogP contribution in [0.2, 0.25) is 0 Å². The molecule has 3 aliphatic rings. The molecule has 2 saturated heterocycles. The fourth-order valence-corrected chi connectivity index (χ4v) is 4.03. The molecule has 0 unspecified atom stereocenters. The number of carbonyl (C=O) groups excluding carboxylic acids is 2. The van der Waals surface area contributed by atoms with Crippen molar-refractivity contribution < 1.29 is 19.1 Å². The zero-order valence-corrected chi connectivity index (χ0v) is 13.2. The first-order valence-electron chi connectivity index (χ1n) is 7.95. The molecule has 2 fully saturated rings. The summed E-state index contributed by atoms with van der Waals surface area (Å²) in [4.78, 5) is 26.8. The van der Waals surface area contributed by atoms with Crippen LogP contribution in [0.25, 0.3) is 0 Å². The number of benzene rings is 1. The topological polar surface area (TPSA) is 55.8 Å². The maximum absolute atomic E-state index is 13.0. The first-order valence-corrected chi connectivity index (χ1v) is 7.95. The van der Waals surface area contributed by atoms with E-state index in [0.29, 0.717) is 6.54 Å². The number of methoxy groups -OCH3 is 1. The molecular formula is C18H19NO4. The van der Waals surface area contributed by atoms with Crippen LogP contribution < -0.4 is 4.90 Å². The number of carbonyl (C=O) groups is 2. The van der Waals surface area contributed by atoms with Crippen molar-refractivity contribution in [2.45, 2.75) is 25.0 Å². The van der Waals surface area contributed by atoms with E-state index in [4.69, 9.17) is 9.47 Å². The van der Waals surface area contributed by atoms with Crippen molar-refractivity contribution in [1.29, 1.82) is 0 Å². The van der Waals surface area contributed by atoms with E-state index in [2.05, 4.69) is 6.92 Å². The van der Waals surface area contributed by atoms with Crippen molar-refractivity contribution in [3.05, 3.63) is 42.0 Å². The van der Waals surface area contributed by atoms with Crippen LogP contribution in [0.5, 0.6) is 0 Å². The lowest BCUT2D eigenvalue weighted by molar-refractivity contribution is -0.149. The van der Waals surface area contributed by atoms with Crippen LogP contribution in [-0.4, -0.2) is 37.2 Å². The Morgan fingerprint density at radius 2 is 2.13 bits per heavy atom. The first kappa shape index (κ1) is 14.5. The van der Waals surface area contributed by atoms with Crippen molar-refractivity contribution in [2.75, 3.05) is 18.6 Å². The highest BCUT2D eigenvalue weighted by Gasteiger charge is 2.67. The van der Waals surface area contributed by atoms with E-state index in [0.717, 1.165) is 12.1 Å². The van der Waals surface area contributed by atoms with Crippen LogP contribution in [0.3, 0.4) is 0 Å². The van der Waals surface area contributed by atoms with Crippen LogP contribution in [0.1, 0.15) is 12.5 Å². The van der Waals surface area contributed by atoms with Crippen LogP contribution >= 0.6 is 0 Å². The quantitative estimate of drug-likeness (QED) is 0.630. The summed E-state index contributed by atoms with van der Waals surface area (Å²) in [6.07, 6.45) is 4.44. The van der Waals surface area contributed by atoms with E-state index >= 15 is 0 Å². The summed E-state index contributed by atoms with van der Waals surface area (Å²) < 4.78 is 10.9. The minimum Gasteiger partial charge on any atom is -0.469 e. The number of fused-ring (bicyclic) bond motifs is 1. The molecule has 4 rings (SSSR count). The van der Waals surface area contributed by atoms with E-state index in [1.807, 2.05) is 36.4 Å². The molecule has 0 N–H and O–H groups in total. The number of esters is 1. The van der Waals surface area contributed by atoms with Crippen LogP contribution in [0.4, 0.5) is 5.69 Å². The Kier molecular flexibility index (Phi) is 3.10. The highest BCUT2D eigenvalue weighted by molar-refractivity contribution is 6.02. The van der Waals surface area contributed by atoms with Gasteiger partial charge in [-0.25, -0.2) is 0 Å². The number of nitrogens with zero attached hydrogens (tertiary/aromatic N) is 1. The van der Waals surface area contributed by atoms with Gasteiger partial charge in [-0.1, -0.05) is 31.2 Å². The average Bonchev–Trinajstić information content (AvgIpc) is 3.22. The summed E-state index contributed by atoms with van der Waals surface area (Å²) in [5.74, 6) is -1.47. The van der Waals surface area contributed by atoms with Crippen molar-refractivity contribution in [3.8, 4) is 0 Å². The Balaban J connectivity index is 1.68. The monoisotopic (exact) mass is 313 g/mol. The molecule has 5 heteroatoms. The van der Waals surface area contributed by atoms with Gasteiger partial charge in [0.2, 0.25) is 5.91 Å². The molecule has 0 aromatic heterocycles. The fourth-order valence-electron chi connectivity index (χ4n) is 4.03. The minimum atomic E-state index is -0.690. The zero-order valence-electron chi connectivity index (χ0n) is 13.2. The number of aryl methyl sites for hydroxylation is 1. The molecule has 1 aromatic rings. The summed E-state index contributed by atoms with van der Waals surface area (Å²) in [6.45, 7) is 2.54. The molecule has 2 bridgehead atoms. The standard InChI is InChI=1S/C18H19NO4/c1-3-11-4-6-12(7-5-11)19-10-18-9-8-13(23-18)14(17(21)22-2)15(18)16(19)20/h4-9,13-15H,3,10H2,1-2H3/t13-,14-,15+,18-/m0/s1. The van der Waals surface area contributed by atoms with Crippen molar-refractivity contribution >= 4 is 17.6 Å².